The molecule has 1 aromatic carbocycles. The Labute approximate surface area is 141 Å². The molecule has 0 aliphatic heterocycles. The van der Waals surface area contributed by atoms with Gasteiger partial charge in [-0.15, -0.1) is 11.3 Å². The Morgan fingerprint density at radius 1 is 1.21 bits per heavy atom. The third kappa shape index (κ3) is 2.82. The third-order valence-electron chi connectivity index (χ3n) is 4.08. The SMILES string of the molecule is O=C(Nc1nc2c(s1)CCCC2)c1cn[nH]c1-c1ccc(F)cc1. The van der Waals surface area contributed by atoms with Crippen LogP contribution in [-0.4, -0.2) is 21.1 Å². The monoisotopic (exact) mass is 342 g/mol. The van der Waals surface area contributed by atoms with E-state index in [-0.39, 0.29) is 11.7 Å². The summed E-state index contributed by atoms with van der Waals surface area (Å²) in [5.41, 5.74) is 2.79. The summed E-state index contributed by atoms with van der Waals surface area (Å²) < 4.78 is 13.1. The number of aromatic amines is 1. The van der Waals surface area contributed by atoms with Crippen LogP contribution in [0.1, 0.15) is 33.8 Å². The molecule has 0 atom stereocenters. The van der Waals surface area contributed by atoms with E-state index in [0.29, 0.717) is 22.0 Å². The fourth-order valence-electron chi connectivity index (χ4n) is 2.86. The van der Waals surface area contributed by atoms with Crippen molar-refractivity contribution < 1.29 is 9.18 Å². The summed E-state index contributed by atoms with van der Waals surface area (Å²) in [5.74, 6) is -0.591. The van der Waals surface area contributed by atoms with Gasteiger partial charge in [-0.2, -0.15) is 5.10 Å². The number of carbonyl (C=O) groups is 1. The zero-order chi connectivity index (χ0) is 16.5. The van der Waals surface area contributed by atoms with Crippen molar-refractivity contribution in [2.45, 2.75) is 25.7 Å². The average Bonchev–Trinajstić information content (AvgIpc) is 3.21. The van der Waals surface area contributed by atoms with E-state index < -0.39 is 0 Å². The van der Waals surface area contributed by atoms with Crippen molar-refractivity contribution in [3.63, 3.8) is 0 Å². The van der Waals surface area contributed by atoms with E-state index in [1.165, 1.54) is 29.6 Å². The van der Waals surface area contributed by atoms with Crippen molar-refractivity contribution in [2.24, 2.45) is 0 Å². The molecule has 5 nitrogen and oxygen atoms in total. The number of H-pyrrole nitrogens is 1. The normalized spacial score (nSPS) is 13.5. The molecule has 1 aliphatic carbocycles. The number of halogens is 1. The van der Waals surface area contributed by atoms with Gasteiger partial charge in [0.25, 0.3) is 5.91 Å². The van der Waals surface area contributed by atoms with E-state index in [0.717, 1.165) is 25.0 Å². The van der Waals surface area contributed by atoms with Crippen LogP contribution in [0.4, 0.5) is 9.52 Å². The highest BCUT2D eigenvalue weighted by atomic mass is 32.1. The molecule has 0 fully saturated rings. The molecule has 2 aromatic heterocycles. The van der Waals surface area contributed by atoms with Crippen molar-refractivity contribution in [3.05, 3.63) is 52.4 Å². The molecule has 0 radical (unpaired) electrons. The maximum absolute atomic E-state index is 13.1. The van der Waals surface area contributed by atoms with Gasteiger partial charge in [0.1, 0.15) is 5.82 Å². The molecular formula is C17H15FN4OS. The maximum Gasteiger partial charge on any atom is 0.261 e. The number of nitrogens with zero attached hydrogens (tertiary/aromatic N) is 2. The van der Waals surface area contributed by atoms with Crippen LogP contribution in [0.3, 0.4) is 0 Å². The Morgan fingerprint density at radius 2 is 2.00 bits per heavy atom. The van der Waals surface area contributed by atoms with Crippen LogP contribution < -0.4 is 5.32 Å². The highest BCUT2D eigenvalue weighted by Gasteiger charge is 2.19. The number of benzene rings is 1. The molecule has 1 amide bonds. The summed E-state index contributed by atoms with van der Waals surface area (Å²) in [4.78, 5) is 18.4. The summed E-state index contributed by atoms with van der Waals surface area (Å²) in [6, 6.07) is 5.93. The number of aryl methyl sites for hydroxylation is 2. The van der Waals surface area contributed by atoms with Crippen LogP contribution in [0.2, 0.25) is 0 Å². The number of nitrogens with one attached hydrogen (secondary N) is 2. The predicted molar refractivity (Wildman–Crippen MR) is 90.7 cm³/mol. The van der Waals surface area contributed by atoms with Gasteiger partial charge in [-0.1, -0.05) is 0 Å². The largest absolute Gasteiger partial charge is 0.298 e. The molecule has 24 heavy (non-hydrogen) atoms. The summed E-state index contributed by atoms with van der Waals surface area (Å²) in [7, 11) is 0. The minimum absolute atomic E-state index is 0.269. The molecule has 0 bridgehead atoms. The fourth-order valence-corrected chi connectivity index (χ4v) is 3.91. The van der Waals surface area contributed by atoms with Gasteiger partial charge in [0.05, 0.1) is 23.1 Å². The molecule has 7 heteroatoms. The highest BCUT2D eigenvalue weighted by Crippen LogP contribution is 2.30. The molecule has 0 spiro atoms. The van der Waals surface area contributed by atoms with Gasteiger partial charge in [-0.05, 0) is 49.9 Å². The van der Waals surface area contributed by atoms with E-state index >= 15 is 0 Å². The lowest BCUT2D eigenvalue weighted by Crippen LogP contribution is -2.12. The Morgan fingerprint density at radius 3 is 2.79 bits per heavy atom. The van der Waals surface area contributed by atoms with Gasteiger partial charge >= 0.3 is 0 Å². The first-order valence-electron chi connectivity index (χ1n) is 7.80. The molecule has 0 saturated heterocycles. The average molecular weight is 342 g/mol. The van der Waals surface area contributed by atoms with E-state index in [9.17, 15) is 9.18 Å². The lowest BCUT2D eigenvalue weighted by Gasteiger charge is -2.06. The second-order valence-electron chi connectivity index (χ2n) is 5.72. The highest BCUT2D eigenvalue weighted by molar-refractivity contribution is 7.15. The Kier molecular flexibility index (Phi) is 3.86. The standard InChI is InChI=1S/C17H15FN4OS/c18-11-7-5-10(6-8-11)15-12(9-19-22-15)16(23)21-17-20-13-3-1-2-4-14(13)24-17/h5-9H,1-4H2,(H,19,22)(H,20,21,23). The van der Waals surface area contributed by atoms with Crippen molar-refractivity contribution >= 4 is 22.4 Å². The van der Waals surface area contributed by atoms with E-state index in [2.05, 4.69) is 20.5 Å². The molecule has 122 valence electrons. The molecule has 1 aliphatic rings. The smallest absolute Gasteiger partial charge is 0.261 e. The lowest BCUT2D eigenvalue weighted by atomic mass is 10.0. The Balaban J connectivity index is 1.58. The number of hydrogen-bond donors (Lipinski definition) is 2. The topological polar surface area (TPSA) is 70.7 Å². The summed E-state index contributed by atoms with van der Waals surface area (Å²) in [5, 5.41) is 10.2. The molecular weight excluding hydrogens is 327 g/mol. The van der Waals surface area contributed by atoms with Gasteiger partial charge < -0.3 is 0 Å². The van der Waals surface area contributed by atoms with Gasteiger partial charge in [0, 0.05) is 10.4 Å². The first kappa shape index (κ1) is 15.0. The van der Waals surface area contributed by atoms with Gasteiger partial charge in [0.15, 0.2) is 5.13 Å². The quantitative estimate of drug-likeness (QED) is 0.760. The number of carbonyl (C=O) groups excluding carboxylic acids is 1. The summed E-state index contributed by atoms with van der Waals surface area (Å²) in [6.45, 7) is 0. The molecule has 2 N–H and O–H groups in total. The van der Waals surface area contributed by atoms with Gasteiger partial charge in [-0.3, -0.25) is 15.2 Å². The number of anilines is 1. The van der Waals surface area contributed by atoms with Crippen molar-refractivity contribution in [2.75, 3.05) is 5.32 Å². The summed E-state index contributed by atoms with van der Waals surface area (Å²) in [6.07, 6.45) is 5.82. The van der Waals surface area contributed by atoms with Crippen molar-refractivity contribution in [1.82, 2.24) is 15.2 Å². The number of thiazole rings is 1. The first-order chi connectivity index (χ1) is 11.7. The van der Waals surface area contributed by atoms with E-state index in [4.69, 9.17) is 0 Å². The zero-order valence-corrected chi connectivity index (χ0v) is 13.6. The molecule has 3 aromatic rings. The molecule has 2 heterocycles. The Bertz CT molecular complexity index is 861. The van der Waals surface area contributed by atoms with Crippen LogP contribution in [0.25, 0.3) is 11.3 Å². The van der Waals surface area contributed by atoms with Crippen LogP contribution >= 0.6 is 11.3 Å². The second-order valence-corrected chi connectivity index (χ2v) is 6.80. The minimum Gasteiger partial charge on any atom is -0.298 e. The second kappa shape index (κ2) is 6.16. The van der Waals surface area contributed by atoms with Crippen LogP contribution in [0, 0.1) is 5.82 Å². The van der Waals surface area contributed by atoms with E-state index in [1.807, 2.05) is 0 Å². The van der Waals surface area contributed by atoms with Crippen LogP contribution in [0.15, 0.2) is 30.5 Å². The van der Waals surface area contributed by atoms with Crippen LogP contribution in [0.5, 0.6) is 0 Å². The number of aromatic nitrogens is 3. The van der Waals surface area contributed by atoms with Gasteiger partial charge in [0.2, 0.25) is 0 Å². The van der Waals surface area contributed by atoms with Crippen LogP contribution in [-0.2, 0) is 12.8 Å². The molecule has 0 saturated carbocycles. The minimum atomic E-state index is -0.322. The number of hydrogen-bond acceptors (Lipinski definition) is 4. The Hall–Kier alpha value is -2.54. The fraction of sp³-hybridized carbons (Fsp3) is 0.235. The first-order valence-corrected chi connectivity index (χ1v) is 8.61. The summed E-state index contributed by atoms with van der Waals surface area (Å²) >= 11 is 1.54. The number of rotatable bonds is 3. The number of amides is 1. The van der Waals surface area contributed by atoms with Gasteiger partial charge in [-0.25, -0.2) is 9.37 Å². The molecule has 0 unspecified atom stereocenters. The predicted octanol–water partition coefficient (Wildman–Crippen LogP) is 3.80. The lowest BCUT2D eigenvalue weighted by molar-refractivity contribution is 0.102. The number of fused-ring (bicyclic) bond motifs is 1. The maximum atomic E-state index is 13.1. The van der Waals surface area contributed by atoms with Crippen molar-refractivity contribution in [3.8, 4) is 11.3 Å². The molecule has 4 rings (SSSR count). The third-order valence-corrected chi connectivity index (χ3v) is 5.16. The van der Waals surface area contributed by atoms with Crippen molar-refractivity contribution in [1.29, 1.82) is 0 Å². The zero-order valence-electron chi connectivity index (χ0n) is 12.8. The van der Waals surface area contributed by atoms with E-state index in [1.54, 1.807) is 23.5 Å².